The maximum atomic E-state index is 12.6. The number of aromatic nitrogens is 3. The van der Waals surface area contributed by atoms with Crippen molar-refractivity contribution in [3.05, 3.63) is 76.2 Å². The zero-order valence-electron chi connectivity index (χ0n) is 15.3. The molecule has 140 valence electrons. The third-order valence-corrected chi connectivity index (χ3v) is 4.19. The number of carbonyl (C=O) groups is 1. The molecule has 2 amide bonds. The predicted molar refractivity (Wildman–Crippen MR) is 102 cm³/mol. The summed E-state index contributed by atoms with van der Waals surface area (Å²) in [6, 6.07) is 8.10. The summed E-state index contributed by atoms with van der Waals surface area (Å²) >= 11 is 0. The monoisotopic (exact) mass is 367 g/mol. The largest absolute Gasteiger partial charge is 0.496 e. The van der Waals surface area contributed by atoms with Crippen molar-refractivity contribution >= 4 is 11.7 Å². The lowest BCUT2D eigenvalue weighted by Gasteiger charge is -2.21. The van der Waals surface area contributed by atoms with Gasteiger partial charge in [-0.2, -0.15) is 0 Å². The van der Waals surface area contributed by atoms with E-state index in [0.717, 1.165) is 5.56 Å². The summed E-state index contributed by atoms with van der Waals surface area (Å²) in [6.07, 6.45) is 4.93. The first-order valence-corrected chi connectivity index (χ1v) is 8.36. The normalized spacial score (nSPS) is 11.7. The van der Waals surface area contributed by atoms with Gasteiger partial charge in [0.15, 0.2) is 0 Å². The van der Waals surface area contributed by atoms with Crippen molar-refractivity contribution in [3.63, 3.8) is 0 Å². The van der Waals surface area contributed by atoms with E-state index in [1.54, 1.807) is 26.3 Å². The average Bonchev–Trinajstić information content (AvgIpc) is 3.08. The van der Waals surface area contributed by atoms with E-state index in [2.05, 4.69) is 20.6 Å². The summed E-state index contributed by atoms with van der Waals surface area (Å²) in [5.74, 6) is 1.30. The van der Waals surface area contributed by atoms with Crippen LogP contribution in [0.5, 0.6) is 5.75 Å². The van der Waals surface area contributed by atoms with Crippen molar-refractivity contribution in [2.75, 3.05) is 12.4 Å². The quantitative estimate of drug-likeness (QED) is 0.644. The van der Waals surface area contributed by atoms with Gasteiger partial charge in [-0.3, -0.25) is 4.79 Å². The molecule has 0 unspecified atom stereocenters. The van der Waals surface area contributed by atoms with Gasteiger partial charge in [0.05, 0.1) is 12.8 Å². The highest BCUT2D eigenvalue weighted by molar-refractivity contribution is 5.89. The van der Waals surface area contributed by atoms with Crippen LogP contribution in [0.25, 0.3) is 0 Å². The minimum Gasteiger partial charge on any atom is -0.496 e. The van der Waals surface area contributed by atoms with Crippen LogP contribution in [0.2, 0.25) is 0 Å². The van der Waals surface area contributed by atoms with Crippen LogP contribution in [0, 0.1) is 6.92 Å². The number of anilines is 1. The molecule has 0 aliphatic carbocycles. The molecule has 1 aromatic carbocycles. The van der Waals surface area contributed by atoms with E-state index < -0.39 is 12.1 Å². The van der Waals surface area contributed by atoms with Gasteiger partial charge in [-0.1, -0.05) is 18.2 Å². The molecule has 8 nitrogen and oxygen atoms in total. The number of aryl methyl sites for hydroxylation is 2. The Balaban J connectivity index is 1.89. The smallest absolute Gasteiger partial charge is 0.320 e. The second kappa shape index (κ2) is 7.77. The maximum Gasteiger partial charge on any atom is 0.320 e. The molecular formula is C19H21N5O3. The lowest BCUT2D eigenvalue weighted by molar-refractivity contribution is 0.249. The number of hydrogen-bond donors (Lipinski definition) is 3. The Bertz CT molecular complexity index is 1010. The van der Waals surface area contributed by atoms with E-state index >= 15 is 0 Å². The van der Waals surface area contributed by atoms with Crippen LogP contribution in [-0.2, 0) is 7.05 Å². The lowest BCUT2D eigenvalue weighted by Crippen LogP contribution is -2.35. The topological polar surface area (TPSA) is 101 Å². The Morgan fingerprint density at radius 3 is 2.78 bits per heavy atom. The molecule has 27 heavy (non-hydrogen) atoms. The first-order valence-electron chi connectivity index (χ1n) is 8.36. The van der Waals surface area contributed by atoms with Crippen LogP contribution in [0.15, 0.2) is 53.7 Å². The molecule has 0 spiro atoms. The standard InChI is InChI=1S/C19H21N5O3/c1-12-10-13(11-21-18(12)25)22-19(26)23-16(17-20-8-9-24(17)2)14-6-4-5-7-15(14)27-3/h4-11,16H,1-3H3,(H,21,25)(H2,22,23,26)/t16-/m0/s1. The van der Waals surface area contributed by atoms with E-state index in [0.29, 0.717) is 22.8 Å². The molecular weight excluding hydrogens is 346 g/mol. The third-order valence-electron chi connectivity index (χ3n) is 4.19. The number of pyridine rings is 1. The molecule has 0 aliphatic heterocycles. The highest BCUT2D eigenvalue weighted by Crippen LogP contribution is 2.29. The van der Waals surface area contributed by atoms with Crippen LogP contribution in [0.3, 0.4) is 0 Å². The van der Waals surface area contributed by atoms with Crippen LogP contribution < -0.4 is 20.9 Å². The van der Waals surface area contributed by atoms with Crippen molar-refractivity contribution < 1.29 is 9.53 Å². The van der Waals surface area contributed by atoms with E-state index in [-0.39, 0.29) is 5.56 Å². The molecule has 2 heterocycles. The fourth-order valence-electron chi connectivity index (χ4n) is 2.81. The van der Waals surface area contributed by atoms with E-state index in [4.69, 9.17) is 4.74 Å². The molecule has 0 radical (unpaired) electrons. The van der Waals surface area contributed by atoms with Gasteiger partial charge in [-0.15, -0.1) is 0 Å². The second-order valence-corrected chi connectivity index (χ2v) is 6.07. The number of ether oxygens (including phenoxy) is 1. The number of imidazole rings is 1. The van der Waals surface area contributed by atoms with Crippen molar-refractivity contribution in [1.82, 2.24) is 19.9 Å². The molecule has 0 bridgehead atoms. The highest BCUT2D eigenvalue weighted by atomic mass is 16.5. The number of carbonyl (C=O) groups excluding carboxylic acids is 1. The van der Waals surface area contributed by atoms with Gasteiger partial charge in [0.25, 0.3) is 5.56 Å². The molecule has 3 N–H and O–H groups in total. The van der Waals surface area contributed by atoms with Crippen LogP contribution >= 0.6 is 0 Å². The summed E-state index contributed by atoms with van der Waals surface area (Å²) in [7, 11) is 3.44. The van der Waals surface area contributed by atoms with Gasteiger partial charge in [-0.05, 0) is 19.1 Å². The van der Waals surface area contributed by atoms with Crippen molar-refractivity contribution in [2.24, 2.45) is 7.05 Å². The summed E-state index contributed by atoms with van der Waals surface area (Å²) in [4.78, 5) is 31.0. The van der Waals surface area contributed by atoms with Gasteiger partial charge in [0.1, 0.15) is 17.6 Å². The fraction of sp³-hybridized carbons (Fsp3) is 0.211. The Hall–Kier alpha value is -3.55. The molecule has 0 saturated carbocycles. The molecule has 0 fully saturated rings. The zero-order chi connectivity index (χ0) is 19.4. The van der Waals surface area contributed by atoms with Crippen molar-refractivity contribution in [3.8, 4) is 5.75 Å². The number of H-pyrrole nitrogens is 1. The average molecular weight is 367 g/mol. The number of aromatic amines is 1. The first-order chi connectivity index (χ1) is 13.0. The second-order valence-electron chi connectivity index (χ2n) is 6.07. The number of urea groups is 1. The number of hydrogen-bond acceptors (Lipinski definition) is 4. The minimum atomic E-state index is -0.523. The van der Waals surface area contributed by atoms with E-state index in [9.17, 15) is 9.59 Å². The first kappa shape index (κ1) is 18.2. The zero-order valence-corrected chi connectivity index (χ0v) is 15.3. The SMILES string of the molecule is COc1ccccc1[C@H](NC(=O)Nc1c[nH]c(=O)c(C)c1)c1nccn1C. The van der Waals surface area contributed by atoms with Gasteiger partial charge in [-0.25, -0.2) is 9.78 Å². The molecule has 0 aliphatic rings. The lowest BCUT2D eigenvalue weighted by atomic mass is 10.0. The van der Waals surface area contributed by atoms with Crippen molar-refractivity contribution in [1.29, 1.82) is 0 Å². The minimum absolute atomic E-state index is 0.194. The number of nitrogens with zero attached hydrogens (tertiary/aromatic N) is 2. The van der Waals surface area contributed by atoms with Gasteiger partial charge >= 0.3 is 6.03 Å². The Morgan fingerprint density at radius 1 is 1.33 bits per heavy atom. The van der Waals surface area contributed by atoms with E-state index in [1.165, 1.54) is 6.20 Å². The molecule has 3 rings (SSSR count). The molecule has 1 atom stereocenters. The Kier molecular flexibility index (Phi) is 5.25. The summed E-state index contributed by atoms with van der Waals surface area (Å²) in [5, 5.41) is 5.66. The molecule has 0 saturated heterocycles. The number of rotatable bonds is 5. The fourth-order valence-corrected chi connectivity index (χ4v) is 2.81. The number of para-hydroxylation sites is 1. The van der Waals surface area contributed by atoms with Crippen LogP contribution in [0.1, 0.15) is 23.0 Å². The summed E-state index contributed by atoms with van der Waals surface area (Å²) in [6.45, 7) is 1.67. The predicted octanol–water partition coefficient (Wildman–Crippen LogP) is 2.34. The van der Waals surface area contributed by atoms with E-state index in [1.807, 2.05) is 42.1 Å². The Labute approximate surface area is 156 Å². The van der Waals surface area contributed by atoms with Crippen molar-refractivity contribution in [2.45, 2.75) is 13.0 Å². The Morgan fingerprint density at radius 2 is 2.11 bits per heavy atom. The molecule has 3 aromatic rings. The molecule has 2 aromatic heterocycles. The number of nitrogens with one attached hydrogen (secondary N) is 3. The number of amides is 2. The third kappa shape index (κ3) is 4.00. The summed E-state index contributed by atoms with van der Waals surface area (Å²) in [5.41, 5.74) is 1.59. The van der Waals surface area contributed by atoms with Gasteiger partial charge in [0.2, 0.25) is 0 Å². The molecule has 8 heteroatoms. The number of benzene rings is 1. The highest BCUT2D eigenvalue weighted by Gasteiger charge is 2.23. The number of methoxy groups -OCH3 is 1. The maximum absolute atomic E-state index is 12.6. The van der Waals surface area contributed by atoms with Crippen LogP contribution in [0.4, 0.5) is 10.5 Å². The van der Waals surface area contributed by atoms with Gasteiger partial charge in [0, 0.05) is 36.8 Å². The summed E-state index contributed by atoms with van der Waals surface area (Å²) < 4.78 is 7.28. The van der Waals surface area contributed by atoms with Gasteiger partial charge < -0.3 is 24.9 Å². The van der Waals surface area contributed by atoms with Crippen LogP contribution in [-0.4, -0.2) is 27.7 Å².